The fraction of sp³-hybridized carbons (Fsp3) is 0.667. The van der Waals surface area contributed by atoms with E-state index in [2.05, 4.69) is 34.3 Å². The molecule has 2 fully saturated rings. The monoisotopic (exact) mass is 245 g/mol. The van der Waals surface area contributed by atoms with Gasteiger partial charge >= 0.3 is 0 Å². The molecule has 18 heavy (non-hydrogen) atoms. The molecule has 1 atom stereocenters. The number of aryl methyl sites for hydroxylation is 1. The summed E-state index contributed by atoms with van der Waals surface area (Å²) in [7, 11) is 0. The number of hydrogen-bond acceptors (Lipinski definition) is 3. The maximum absolute atomic E-state index is 4.44. The lowest BCUT2D eigenvalue weighted by atomic mass is 9.92. The summed E-state index contributed by atoms with van der Waals surface area (Å²) in [5, 5.41) is 3.79. The molecule has 3 nitrogen and oxygen atoms in total. The molecule has 1 spiro atoms. The van der Waals surface area contributed by atoms with E-state index in [0.717, 1.165) is 18.8 Å². The molecule has 0 aromatic carbocycles. The summed E-state index contributed by atoms with van der Waals surface area (Å²) >= 11 is 0. The van der Waals surface area contributed by atoms with Gasteiger partial charge in [-0.15, -0.1) is 0 Å². The number of nitrogens with one attached hydrogen (secondary N) is 1. The second-order valence-corrected chi connectivity index (χ2v) is 6.00. The summed E-state index contributed by atoms with van der Waals surface area (Å²) in [5.41, 5.74) is 2.75. The van der Waals surface area contributed by atoms with Gasteiger partial charge < -0.3 is 10.2 Å². The Kier molecular flexibility index (Phi) is 3.02. The van der Waals surface area contributed by atoms with Gasteiger partial charge in [-0.2, -0.15) is 0 Å². The zero-order valence-corrected chi connectivity index (χ0v) is 11.4. The number of piperazine rings is 1. The zero-order valence-electron chi connectivity index (χ0n) is 11.4. The maximum Gasteiger partial charge on any atom is 0.0556 e. The summed E-state index contributed by atoms with van der Waals surface area (Å²) in [6.45, 7) is 6.57. The Balaban J connectivity index is 1.82. The Labute approximate surface area is 110 Å². The number of anilines is 1. The van der Waals surface area contributed by atoms with Crippen molar-refractivity contribution in [3.63, 3.8) is 0 Å². The van der Waals surface area contributed by atoms with Gasteiger partial charge in [0.2, 0.25) is 0 Å². The maximum atomic E-state index is 4.44. The second-order valence-electron chi connectivity index (χ2n) is 6.00. The molecule has 1 aromatic heterocycles. The molecule has 1 aliphatic carbocycles. The molecule has 0 bridgehead atoms. The lowest BCUT2D eigenvalue weighted by Gasteiger charge is -2.46. The highest BCUT2D eigenvalue weighted by Gasteiger charge is 2.39. The molecule has 1 aromatic rings. The third kappa shape index (κ3) is 2.12. The van der Waals surface area contributed by atoms with E-state index in [1.54, 1.807) is 0 Å². The van der Waals surface area contributed by atoms with E-state index in [1.807, 2.05) is 13.1 Å². The van der Waals surface area contributed by atoms with Crippen molar-refractivity contribution in [2.75, 3.05) is 18.0 Å². The molecular weight excluding hydrogens is 222 g/mol. The first-order valence-corrected chi connectivity index (χ1v) is 7.13. The minimum absolute atomic E-state index is 0.372. The average molecular weight is 245 g/mol. The highest BCUT2D eigenvalue weighted by Crippen LogP contribution is 2.34. The van der Waals surface area contributed by atoms with Crippen LogP contribution in [0.1, 0.15) is 38.3 Å². The molecule has 3 rings (SSSR count). The number of rotatable bonds is 1. The summed E-state index contributed by atoms with van der Waals surface area (Å²) < 4.78 is 0. The first-order valence-electron chi connectivity index (χ1n) is 7.13. The summed E-state index contributed by atoms with van der Waals surface area (Å²) in [6.07, 6.45) is 7.44. The number of nitrogens with zero attached hydrogens (tertiary/aromatic N) is 2. The topological polar surface area (TPSA) is 28.2 Å². The molecule has 1 saturated heterocycles. The first-order chi connectivity index (χ1) is 8.69. The van der Waals surface area contributed by atoms with Crippen molar-refractivity contribution in [2.24, 2.45) is 0 Å². The lowest BCUT2D eigenvalue weighted by Crippen LogP contribution is -2.62. The Hall–Kier alpha value is -1.09. The smallest absolute Gasteiger partial charge is 0.0556 e. The van der Waals surface area contributed by atoms with Crippen molar-refractivity contribution in [1.82, 2.24) is 10.3 Å². The van der Waals surface area contributed by atoms with Gasteiger partial charge in [-0.25, -0.2) is 0 Å². The van der Waals surface area contributed by atoms with E-state index in [1.165, 1.54) is 31.4 Å². The van der Waals surface area contributed by atoms with Gasteiger partial charge in [0, 0.05) is 30.4 Å². The molecule has 2 aliphatic rings. The number of aromatic nitrogens is 1. The van der Waals surface area contributed by atoms with E-state index in [-0.39, 0.29) is 0 Å². The van der Waals surface area contributed by atoms with Crippen LogP contribution in [0.25, 0.3) is 0 Å². The quantitative estimate of drug-likeness (QED) is 0.824. The third-order valence-electron chi connectivity index (χ3n) is 4.57. The van der Waals surface area contributed by atoms with Crippen LogP contribution < -0.4 is 10.2 Å². The van der Waals surface area contributed by atoms with Crippen molar-refractivity contribution in [2.45, 2.75) is 51.1 Å². The van der Waals surface area contributed by atoms with Gasteiger partial charge in [0.15, 0.2) is 0 Å². The van der Waals surface area contributed by atoms with Crippen LogP contribution in [-0.2, 0) is 0 Å². The molecule has 1 saturated carbocycles. The van der Waals surface area contributed by atoms with Gasteiger partial charge in [-0.3, -0.25) is 4.98 Å². The van der Waals surface area contributed by atoms with Crippen LogP contribution in [0.3, 0.4) is 0 Å². The van der Waals surface area contributed by atoms with E-state index < -0.39 is 0 Å². The summed E-state index contributed by atoms with van der Waals surface area (Å²) in [5.74, 6) is 0. The van der Waals surface area contributed by atoms with Crippen LogP contribution in [0.5, 0.6) is 0 Å². The SMILES string of the molecule is Cc1ccc(N2CC3(CCCC3)NCC2C)cn1. The normalized spacial score (nSPS) is 26.8. The molecule has 1 aliphatic heterocycles. The van der Waals surface area contributed by atoms with Crippen LogP contribution in [0.15, 0.2) is 18.3 Å². The van der Waals surface area contributed by atoms with E-state index in [9.17, 15) is 0 Å². The fourth-order valence-electron chi connectivity index (χ4n) is 3.37. The Morgan fingerprint density at radius 1 is 1.33 bits per heavy atom. The van der Waals surface area contributed by atoms with Gasteiger partial charge in [0.1, 0.15) is 0 Å². The van der Waals surface area contributed by atoms with Crippen LogP contribution in [0.4, 0.5) is 5.69 Å². The van der Waals surface area contributed by atoms with Crippen molar-refractivity contribution in [1.29, 1.82) is 0 Å². The van der Waals surface area contributed by atoms with Crippen molar-refractivity contribution < 1.29 is 0 Å². The first kappa shape index (κ1) is 12.0. The Morgan fingerprint density at radius 2 is 2.11 bits per heavy atom. The molecule has 2 heterocycles. The Morgan fingerprint density at radius 3 is 2.78 bits per heavy atom. The largest absolute Gasteiger partial charge is 0.364 e. The van der Waals surface area contributed by atoms with Crippen LogP contribution in [0.2, 0.25) is 0 Å². The van der Waals surface area contributed by atoms with Crippen LogP contribution in [-0.4, -0.2) is 29.7 Å². The molecule has 3 heteroatoms. The standard InChI is InChI=1S/C15H23N3/c1-12-5-6-14(10-16-12)18-11-15(7-3-4-8-15)17-9-13(18)2/h5-6,10,13,17H,3-4,7-9,11H2,1-2H3. The highest BCUT2D eigenvalue weighted by atomic mass is 15.3. The molecule has 0 amide bonds. The predicted molar refractivity (Wildman–Crippen MR) is 75.0 cm³/mol. The van der Waals surface area contributed by atoms with Crippen molar-refractivity contribution in [3.8, 4) is 0 Å². The average Bonchev–Trinajstić information content (AvgIpc) is 2.82. The van der Waals surface area contributed by atoms with Crippen molar-refractivity contribution >= 4 is 5.69 Å². The Bertz CT molecular complexity index is 406. The molecular formula is C15H23N3. The summed E-state index contributed by atoms with van der Waals surface area (Å²) in [4.78, 5) is 6.98. The third-order valence-corrected chi connectivity index (χ3v) is 4.57. The van der Waals surface area contributed by atoms with E-state index in [4.69, 9.17) is 0 Å². The molecule has 0 radical (unpaired) electrons. The summed E-state index contributed by atoms with van der Waals surface area (Å²) in [6, 6.07) is 4.89. The highest BCUT2D eigenvalue weighted by molar-refractivity contribution is 5.47. The van der Waals surface area contributed by atoms with Crippen molar-refractivity contribution in [3.05, 3.63) is 24.0 Å². The number of pyridine rings is 1. The fourth-order valence-corrected chi connectivity index (χ4v) is 3.37. The number of hydrogen-bond donors (Lipinski definition) is 1. The zero-order chi connectivity index (χ0) is 12.6. The minimum atomic E-state index is 0.372. The van der Waals surface area contributed by atoms with Crippen LogP contribution in [0, 0.1) is 6.92 Å². The molecule has 1 unspecified atom stereocenters. The van der Waals surface area contributed by atoms with Gasteiger partial charge in [0.05, 0.1) is 11.9 Å². The predicted octanol–water partition coefficient (Wildman–Crippen LogP) is 2.50. The van der Waals surface area contributed by atoms with E-state index in [0.29, 0.717) is 11.6 Å². The lowest BCUT2D eigenvalue weighted by molar-refractivity contribution is 0.276. The van der Waals surface area contributed by atoms with Gasteiger partial charge in [-0.05, 0) is 38.8 Å². The van der Waals surface area contributed by atoms with E-state index >= 15 is 0 Å². The minimum Gasteiger partial charge on any atom is -0.364 e. The molecule has 1 N–H and O–H groups in total. The molecule has 98 valence electrons. The van der Waals surface area contributed by atoms with Gasteiger partial charge in [-0.1, -0.05) is 12.8 Å². The second kappa shape index (κ2) is 4.54. The van der Waals surface area contributed by atoms with Crippen LogP contribution >= 0.6 is 0 Å². The van der Waals surface area contributed by atoms with Gasteiger partial charge in [0.25, 0.3) is 0 Å².